The summed E-state index contributed by atoms with van der Waals surface area (Å²) >= 11 is 0. The Morgan fingerprint density at radius 3 is 2.55 bits per heavy atom. The highest BCUT2D eigenvalue weighted by Gasteiger charge is 2.66. The minimum Gasteiger partial charge on any atom is -0.447 e. The van der Waals surface area contributed by atoms with Gasteiger partial charge in [0.15, 0.2) is 13.9 Å². The second-order valence-corrected chi connectivity index (χ2v) is 15.6. The zero-order valence-corrected chi connectivity index (χ0v) is 24.5. The Balaban J connectivity index is 1.76. The van der Waals surface area contributed by atoms with Crippen LogP contribution >= 0.6 is 0 Å². The van der Waals surface area contributed by atoms with Gasteiger partial charge in [0.2, 0.25) is 0 Å². The SMILES string of the molecule is CC(C)=CCC/C(C)=C/CN1C(=O)[C@]2(O[C@H](CCO)[C@@H]([Si](C)(C)O)[C@@H]2C)c2cc(N3CCOC3=O)ccc21. The van der Waals surface area contributed by atoms with Gasteiger partial charge in [-0.05, 0) is 71.3 Å². The van der Waals surface area contributed by atoms with E-state index in [0.717, 1.165) is 18.5 Å². The van der Waals surface area contributed by atoms with Gasteiger partial charge in [-0.3, -0.25) is 9.69 Å². The first kappa shape index (κ1) is 28.5. The summed E-state index contributed by atoms with van der Waals surface area (Å²) in [6.45, 7) is 13.1. The van der Waals surface area contributed by atoms with Crippen LogP contribution in [0.4, 0.5) is 16.2 Å². The third-order valence-corrected chi connectivity index (χ3v) is 10.7. The van der Waals surface area contributed by atoms with Gasteiger partial charge >= 0.3 is 6.09 Å². The van der Waals surface area contributed by atoms with Crippen LogP contribution in [0.3, 0.4) is 0 Å². The van der Waals surface area contributed by atoms with E-state index in [0.29, 0.717) is 37.4 Å². The molecule has 9 heteroatoms. The number of benzene rings is 1. The van der Waals surface area contributed by atoms with Gasteiger partial charge in [-0.15, -0.1) is 0 Å². The maximum absolute atomic E-state index is 14.4. The lowest BCUT2D eigenvalue weighted by atomic mass is 9.82. The van der Waals surface area contributed by atoms with E-state index in [2.05, 4.69) is 32.9 Å². The first-order valence-corrected chi connectivity index (χ1v) is 16.6. The van der Waals surface area contributed by atoms with Gasteiger partial charge in [-0.1, -0.05) is 30.2 Å². The van der Waals surface area contributed by atoms with Crippen molar-refractivity contribution < 1.29 is 29.0 Å². The molecule has 0 radical (unpaired) electrons. The Hall–Kier alpha value is -2.46. The van der Waals surface area contributed by atoms with E-state index in [4.69, 9.17) is 9.47 Å². The molecule has 0 aromatic heterocycles. The molecular formula is C29H42N2O6Si. The predicted octanol–water partition coefficient (Wildman–Crippen LogP) is 4.86. The van der Waals surface area contributed by atoms with Gasteiger partial charge < -0.3 is 24.3 Å². The number of carbonyl (C=O) groups is 2. The minimum absolute atomic E-state index is 0.0908. The summed E-state index contributed by atoms with van der Waals surface area (Å²) in [7, 11) is -2.77. The summed E-state index contributed by atoms with van der Waals surface area (Å²) in [5, 5.41) is 9.80. The normalized spacial score (nSPS) is 27.4. The van der Waals surface area contributed by atoms with Crippen LogP contribution in [0, 0.1) is 5.92 Å². The van der Waals surface area contributed by atoms with Crippen LogP contribution in [0.25, 0.3) is 0 Å². The second-order valence-electron chi connectivity index (χ2n) is 11.6. The predicted molar refractivity (Wildman–Crippen MR) is 151 cm³/mol. The first-order chi connectivity index (χ1) is 17.9. The van der Waals surface area contributed by atoms with E-state index in [1.165, 1.54) is 11.1 Å². The summed E-state index contributed by atoms with van der Waals surface area (Å²) in [6.07, 6.45) is 5.67. The van der Waals surface area contributed by atoms with Crippen LogP contribution in [0.15, 0.2) is 41.5 Å². The molecule has 3 aliphatic rings. The van der Waals surface area contributed by atoms with Gasteiger partial charge in [-0.25, -0.2) is 4.79 Å². The topological polar surface area (TPSA) is 99.5 Å². The molecule has 1 aromatic carbocycles. The van der Waals surface area contributed by atoms with Crippen molar-refractivity contribution in [2.24, 2.45) is 5.92 Å². The fraction of sp³-hybridized carbons (Fsp3) is 0.586. The van der Waals surface area contributed by atoms with Gasteiger partial charge in [-0.2, -0.15) is 0 Å². The number of anilines is 2. The second kappa shape index (κ2) is 11.0. The largest absolute Gasteiger partial charge is 0.447 e. The number of hydrogen-bond donors (Lipinski definition) is 2. The highest BCUT2D eigenvalue weighted by atomic mass is 28.4. The van der Waals surface area contributed by atoms with Crippen molar-refractivity contribution in [2.45, 2.75) is 77.3 Å². The number of cyclic esters (lactones) is 1. The molecule has 2 saturated heterocycles. The summed E-state index contributed by atoms with van der Waals surface area (Å²) < 4.78 is 11.8. The Morgan fingerprint density at radius 1 is 1.21 bits per heavy atom. The van der Waals surface area contributed by atoms with Gasteiger partial charge in [0, 0.05) is 35.9 Å². The number of allylic oxidation sites excluding steroid dienone is 3. The molecule has 3 aliphatic heterocycles. The van der Waals surface area contributed by atoms with E-state index in [-0.39, 0.29) is 24.0 Å². The molecule has 2 amide bonds. The molecule has 0 saturated carbocycles. The molecule has 1 spiro atoms. The zero-order chi connectivity index (χ0) is 27.8. The molecule has 0 aliphatic carbocycles. The number of aliphatic hydroxyl groups excluding tert-OH is 1. The summed E-state index contributed by atoms with van der Waals surface area (Å²) in [5.41, 5.74) is 3.08. The smallest absolute Gasteiger partial charge is 0.414 e. The van der Waals surface area contributed by atoms with Crippen LogP contribution in [0.2, 0.25) is 18.6 Å². The van der Waals surface area contributed by atoms with Gasteiger partial charge in [0.25, 0.3) is 5.91 Å². The van der Waals surface area contributed by atoms with Crippen molar-refractivity contribution in [1.29, 1.82) is 0 Å². The van der Waals surface area contributed by atoms with Crippen molar-refractivity contribution in [3.8, 4) is 0 Å². The molecule has 4 atom stereocenters. The zero-order valence-electron chi connectivity index (χ0n) is 23.5. The Kier molecular flexibility index (Phi) is 8.23. The van der Waals surface area contributed by atoms with Crippen molar-refractivity contribution in [3.63, 3.8) is 0 Å². The lowest BCUT2D eigenvalue weighted by Gasteiger charge is -2.32. The number of fused-ring (bicyclic) bond motifs is 2. The van der Waals surface area contributed by atoms with Crippen LogP contribution in [-0.4, -0.2) is 62.6 Å². The van der Waals surface area contributed by atoms with E-state index < -0.39 is 26.1 Å². The number of amides is 2. The molecule has 2 fully saturated rings. The molecule has 4 rings (SSSR count). The van der Waals surface area contributed by atoms with Crippen molar-refractivity contribution in [2.75, 3.05) is 36.1 Å². The third kappa shape index (κ3) is 5.09. The van der Waals surface area contributed by atoms with Crippen molar-refractivity contribution in [3.05, 3.63) is 47.1 Å². The van der Waals surface area contributed by atoms with Crippen LogP contribution in [0.1, 0.15) is 52.5 Å². The Morgan fingerprint density at radius 2 is 1.95 bits per heavy atom. The van der Waals surface area contributed by atoms with Crippen LogP contribution < -0.4 is 9.80 Å². The molecule has 208 valence electrons. The number of nitrogens with zero attached hydrogens (tertiary/aromatic N) is 2. The third-order valence-electron chi connectivity index (χ3n) is 8.17. The summed E-state index contributed by atoms with van der Waals surface area (Å²) in [6, 6.07) is 5.62. The molecule has 2 N–H and O–H groups in total. The summed E-state index contributed by atoms with van der Waals surface area (Å²) in [4.78, 5) is 41.3. The molecule has 1 aromatic rings. The number of aliphatic hydroxyl groups is 1. The molecule has 0 unspecified atom stereocenters. The van der Waals surface area contributed by atoms with Crippen molar-refractivity contribution in [1.82, 2.24) is 0 Å². The maximum atomic E-state index is 14.4. The Labute approximate surface area is 227 Å². The number of rotatable bonds is 9. The fourth-order valence-electron chi connectivity index (χ4n) is 6.38. The standard InChI is InChI=1S/C29H42N2O6Si/c1-19(2)8-7-9-20(3)12-14-31-24-11-10-22(30-15-17-36-28(30)34)18-23(24)29(27(31)33)21(4)26(38(5,6)35)25(37-29)13-16-32/h8,10-12,18,21,25-26,32,35H,7,9,13-17H2,1-6H3/b20-12+/t21-,25+,26-,29+/m0/s1. The monoisotopic (exact) mass is 542 g/mol. The number of carbonyl (C=O) groups excluding carboxylic acids is 2. The summed E-state index contributed by atoms with van der Waals surface area (Å²) in [5.74, 6) is -0.469. The lowest BCUT2D eigenvalue weighted by Crippen LogP contribution is -2.46. The first-order valence-electron chi connectivity index (χ1n) is 13.6. The molecular weight excluding hydrogens is 500 g/mol. The van der Waals surface area contributed by atoms with E-state index >= 15 is 0 Å². The minimum atomic E-state index is -2.77. The fourth-order valence-corrected chi connectivity index (χ4v) is 8.98. The molecule has 3 heterocycles. The highest BCUT2D eigenvalue weighted by molar-refractivity contribution is 6.71. The van der Waals surface area contributed by atoms with Crippen LogP contribution in [0.5, 0.6) is 0 Å². The van der Waals surface area contributed by atoms with E-state index in [9.17, 15) is 19.5 Å². The van der Waals surface area contributed by atoms with E-state index in [1.807, 2.05) is 38.2 Å². The average molecular weight is 543 g/mol. The lowest BCUT2D eigenvalue weighted by molar-refractivity contribution is -0.146. The average Bonchev–Trinajstić information content (AvgIpc) is 3.46. The maximum Gasteiger partial charge on any atom is 0.414 e. The quantitative estimate of drug-likeness (QED) is 0.341. The number of ether oxygens (including phenoxy) is 2. The van der Waals surface area contributed by atoms with E-state index in [1.54, 1.807) is 9.80 Å². The highest BCUT2D eigenvalue weighted by Crippen LogP contribution is 2.60. The van der Waals surface area contributed by atoms with Gasteiger partial charge in [0.1, 0.15) is 6.61 Å². The van der Waals surface area contributed by atoms with Gasteiger partial charge in [0.05, 0.1) is 18.3 Å². The molecule has 0 bridgehead atoms. The van der Waals surface area contributed by atoms with Crippen LogP contribution in [-0.2, 0) is 19.9 Å². The molecule has 8 nitrogen and oxygen atoms in total. The van der Waals surface area contributed by atoms with Crippen molar-refractivity contribution >= 4 is 31.7 Å². The number of hydrogen-bond acceptors (Lipinski definition) is 6. The molecule has 38 heavy (non-hydrogen) atoms. The Bertz CT molecular complexity index is 1140.